The van der Waals surface area contributed by atoms with Crippen molar-refractivity contribution in [1.29, 1.82) is 0 Å². The Morgan fingerprint density at radius 1 is 1.09 bits per heavy atom. The molecule has 0 fully saturated rings. The average molecular weight is 333 g/mol. The van der Waals surface area contributed by atoms with Crippen molar-refractivity contribution >= 4 is 10.0 Å². The smallest absolute Gasteiger partial charge is 0.240 e. The number of nitrogens with one attached hydrogen (secondary N) is 1. The van der Waals surface area contributed by atoms with E-state index in [-0.39, 0.29) is 6.04 Å². The van der Waals surface area contributed by atoms with E-state index in [4.69, 9.17) is 4.74 Å². The Bertz CT molecular complexity index is 714. The predicted molar refractivity (Wildman–Crippen MR) is 91.7 cm³/mol. The second-order valence-electron chi connectivity index (χ2n) is 5.54. The summed E-state index contributed by atoms with van der Waals surface area (Å²) in [6, 6.07) is 16.5. The van der Waals surface area contributed by atoms with Gasteiger partial charge in [-0.3, -0.25) is 0 Å². The van der Waals surface area contributed by atoms with E-state index < -0.39 is 10.0 Å². The number of benzene rings is 2. The highest BCUT2D eigenvalue weighted by atomic mass is 32.2. The minimum Gasteiger partial charge on any atom is -0.375 e. The molecule has 2 rings (SSSR count). The maximum Gasteiger partial charge on any atom is 0.240 e. The van der Waals surface area contributed by atoms with Gasteiger partial charge in [0.25, 0.3) is 0 Å². The lowest BCUT2D eigenvalue weighted by Gasteiger charge is -2.17. The molecule has 2 aromatic carbocycles. The summed E-state index contributed by atoms with van der Waals surface area (Å²) in [5.74, 6) is 0. The van der Waals surface area contributed by atoms with Crippen molar-refractivity contribution < 1.29 is 13.2 Å². The molecule has 1 N–H and O–H groups in total. The van der Waals surface area contributed by atoms with Crippen LogP contribution < -0.4 is 4.72 Å². The summed E-state index contributed by atoms with van der Waals surface area (Å²) in [5, 5.41) is 0. The third-order valence-electron chi connectivity index (χ3n) is 3.55. The minimum absolute atomic E-state index is 0.246. The molecule has 0 saturated carbocycles. The van der Waals surface area contributed by atoms with Gasteiger partial charge in [-0.25, -0.2) is 13.1 Å². The monoisotopic (exact) mass is 333 g/mol. The van der Waals surface area contributed by atoms with E-state index >= 15 is 0 Å². The third kappa shape index (κ3) is 5.46. The van der Waals surface area contributed by atoms with Gasteiger partial charge in [0, 0.05) is 6.04 Å². The maximum atomic E-state index is 12.4. The van der Waals surface area contributed by atoms with E-state index in [2.05, 4.69) is 4.72 Å². The molecule has 4 nitrogen and oxygen atoms in total. The summed E-state index contributed by atoms with van der Waals surface area (Å²) in [6.07, 6.45) is 0.667. The van der Waals surface area contributed by atoms with Crippen molar-refractivity contribution in [1.82, 2.24) is 4.72 Å². The van der Waals surface area contributed by atoms with Crippen LogP contribution in [0.25, 0.3) is 0 Å². The van der Waals surface area contributed by atoms with Crippen LogP contribution in [0.5, 0.6) is 0 Å². The predicted octanol–water partition coefficient (Wildman–Crippen LogP) is 3.27. The van der Waals surface area contributed by atoms with Crippen molar-refractivity contribution in [3.05, 3.63) is 65.7 Å². The summed E-state index contributed by atoms with van der Waals surface area (Å²) in [6.45, 7) is 4.63. The Hall–Kier alpha value is -1.69. The molecule has 0 aliphatic carbocycles. The molecule has 0 aliphatic heterocycles. The van der Waals surface area contributed by atoms with E-state index in [1.165, 1.54) is 0 Å². The molecule has 0 aliphatic rings. The van der Waals surface area contributed by atoms with Crippen LogP contribution in [0, 0.1) is 6.92 Å². The van der Waals surface area contributed by atoms with Crippen LogP contribution in [-0.2, 0) is 21.4 Å². The van der Waals surface area contributed by atoms with E-state index in [9.17, 15) is 8.42 Å². The van der Waals surface area contributed by atoms with E-state index in [1.807, 2.05) is 50.2 Å². The van der Waals surface area contributed by atoms with Gasteiger partial charge in [-0.2, -0.15) is 0 Å². The molecular formula is C18H23NO3S. The summed E-state index contributed by atoms with van der Waals surface area (Å²) < 4.78 is 33.2. The van der Waals surface area contributed by atoms with Crippen LogP contribution in [0.1, 0.15) is 24.5 Å². The van der Waals surface area contributed by atoms with Gasteiger partial charge in [-0.05, 0) is 36.6 Å². The highest BCUT2D eigenvalue weighted by molar-refractivity contribution is 7.89. The molecule has 0 saturated heterocycles. The number of aryl methyl sites for hydroxylation is 1. The van der Waals surface area contributed by atoms with Gasteiger partial charge in [0.1, 0.15) is 0 Å². The van der Waals surface area contributed by atoms with Crippen molar-refractivity contribution in [3.63, 3.8) is 0 Å². The zero-order chi connectivity index (χ0) is 16.7. The average Bonchev–Trinajstić information content (AvgIpc) is 2.55. The third-order valence-corrected chi connectivity index (χ3v) is 5.06. The van der Waals surface area contributed by atoms with Gasteiger partial charge < -0.3 is 4.74 Å². The van der Waals surface area contributed by atoms with Gasteiger partial charge >= 0.3 is 0 Å². The second-order valence-corrected chi connectivity index (χ2v) is 7.26. The Kier molecular flexibility index (Phi) is 6.33. The lowest BCUT2D eigenvalue weighted by atomic mass is 10.2. The molecule has 1 unspecified atom stereocenters. The van der Waals surface area contributed by atoms with Crippen molar-refractivity contribution in [2.24, 2.45) is 0 Å². The number of hydrogen-bond acceptors (Lipinski definition) is 3. The van der Waals surface area contributed by atoms with Gasteiger partial charge in [-0.15, -0.1) is 0 Å². The number of sulfonamides is 1. The summed E-state index contributed by atoms with van der Waals surface area (Å²) >= 11 is 0. The standard InChI is InChI=1S/C18H23NO3S/c1-3-17(14-22-13-16-9-5-4-6-10-16)19-23(20,21)18-11-7-8-15(2)12-18/h4-12,17,19H,3,13-14H2,1-2H3. The van der Waals surface area contributed by atoms with Crippen LogP contribution in [0.15, 0.2) is 59.5 Å². The maximum absolute atomic E-state index is 12.4. The second kappa shape index (κ2) is 8.24. The lowest BCUT2D eigenvalue weighted by Crippen LogP contribution is -2.37. The molecule has 5 heteroatoms. The fraction of sp³-hybridized carbons (Fsp3) is 0.333. The van der Waals surface area contributed by atoms with Crippen molar-refractivity contribution in [2.75, 3.05) is 6.61 Å². The molecule has 1 atom stereocenters. The van der Waals surface area contributed by atoms with Gasteiger partial charge in [0.05, 0.1) is 18.1 Å². The number of rotatable bonds is 8. The molecule has 2 aromatic rings. The van der Waals surface area contributed by atoms with Crippen LogP contribution in [0.2, 0.25) is 0 Å². The first kappa shape index (κ1) is 17.7. The molecular weight excluding hydrogens is 310 g/mol. The molecule has 0 bridgehead atoms. The molecule has 0 radical (unpaired) electrons. The quantitative estimate of drug-likeness (QED) is 0.806. The van der Waals surface area contributed by atoms with Crippen LogP contribution in [0.4, 0.5) is 0 Å². The van der Waals surface area contributed by atoms with Crippen LogP contribution in [-0.4, -0.2) is 21.1 Å². The van der Waals surface area contributed by atoms with Crippen molar-refractivity contribution in [3.8, 4) is 0 Å². The van der Waals surface area contributed by atoms with Crippen molar-refractivity contribution in [2.45, 2.75) is 37.8 Å². The SMILES string of the molecule is CCC(COCc1ccccc1)NS(=O)(=O)c1cccc(C)c1. The number of ether oxygens (including phenoxy) is 1. The zero-order valence-corrected chi connectivity index (χ0v) is 14.3. The topological polar surface area (TPSA) is 55.4 Å². The van der Waals surface area contributed by atoms with Crippen LogP contribution in [0.3, 0.4) is 0 Å². The first-order chi connectivity index (χ1) is 11.0. The van der Waals surface area contributed by atoms with Gasteiger partial charge in [0.15, 0.2) is 0 Å². The normalized spacial score (nSPS) is 13.0. The highest BCUT2D eigenvalue weighted by Crippen LogP contribution is 2.12. The van der Waals surface area contributed by atoms with Gasteiger partial charge in [0.2, 0.25) is 10.0 Å². The Balaban J connectivity index is 1.93. The molecule has 0 spiro atoms. The largest absolute Gasteiger partial charge is 0.375 e. The van der Waals surface area contributed by atoms with E-state index in [1.54, 1.807) is 18.2 Å². The molecule has 23 heavy (non-hydrogen) atoms. The molecule has 0 aromatic heterocycles. The molecule has 124 valence electrons. The summed E-state index contributed by atoms with van der Waals surface area (Å²) in [5.41, 5.74) is 1.99. The molecule has 0 amide bonds. The first-order valence-electron chi connectivity index (χ1n) is 7.72. The summed E-state index contributed by atoms with van der Waals surface area (Å²) in [4.78, 5) is 0.291. The van der Waals surface area contributed by atoms with Gasteiger partial charge in [-0.1, -0.05) is 49.4 Å². The minimum atomic E-state index is -3.52. The highest BCUT2D eigenvalue weighted by Gasteiger charge is 2.19. The van der Waals surface area contributed by atoms with E-state index in [0.717, 1.165) is 11.1 Å². The summed E-state index contributed by atoms with van der Waals surface area (Å²) in [7, 11) is -3.52. The van der Waals surface area contributed by atoms with E-state index in [0.29, 0.717) is 24.5 Å². The fourth-order valence-electron chi connectivity index (χ4n) is 2.20. The van der Waals surface area contributed by atoms with Crippen LogP contribution >= 0.6 is 0 Å². The first-order valence-corrected chi connectivity index (χ1v) is 9.20. The Labute approximate surface area is 138 Å². The Morgan fingerprint density at radius 2 is 1.83 bits per heavy atom. The lowest BCUT2D eigenvalue weighted by molar-refractivity contribution is 0.103. The Morgan fingerprint density at radius 3 is 2.48 bits per heavy atom. The molecule has 0 heterocycles. The zero-order valence-electron chi connectivity index (χ0n) is 13.5. The fourth-order valence-corrected chi connectivity index (χ4v) is 3.61. The number of hydrogen-bond donors (Lipinski definition) is 1.